The van der Waals surface area contributed by atoms with E-state index in [0.29, 0.717) is 30.1 Å². The van der Waals surface area contributed by atoms with Crippen LogP contribution in [0, 0.1) is 0 Å². The lowest BCUT2D eigenvalue weighted by atomic mass is 10.1. The van der Waals surface area contributed by atoms with Crippen molar-refractivity contribution in [2.24, 2.45) is 0 Å². The molecule has 10 heteroatoms. The van der Waals surface area contributed by atoms with E-state index in [1.54, 1.807) is 28.6 Å². The Balaban J connectivity index is 1.24. The van der Waals surface area contributed by atoms with Gasteiger partial charge in [0.2, 0.25) is 0 Å². The predicted molar refractivity (Wildman–Crippen MR) is 140 cm³/mol. The van der Waals surface area contributed by atoms with Crippen LogP contribution in [0.1, 0.15) is 12.0 Å². The molecule has 6 heterocycles. The highest BCUT2D eigenvalue weighted by Gasteiger charge is 2.37. The van der Waals surface area contributed by atoms with Gasteiger partial charge in [-0.15, -0.1) is 11.3 Å². The number of likely N-dealkylation sites (tertiary alicyclic amines) is 1. The Bertz CT molecular complexity index is 1740. The number of hydrogen-bond acceptors (Lipinski definition) is 6. The number of hydrogen-bond donors (Lipinski definition) is 2. The molecule has 2 N–H and O–H groups in total. The second kappa shape index (κ2) is 8.53. The Morgan fingerprint density at radius 1 is 1.00 bits per heavy atom. The number of alkyl halides is 2. The first-order valence-electron chi connectivity index (χ1n) is 11.9. The molecule has 0 amide bonds. The normalized spacial score (nSPS) is 15.7. The summed E-state index contributed by atoms with van der Waals surface area (Å²) in [6.07, 6.45) is 3.37. The van der Waals surface area contributed by atoms with Crippen LogP contribution in [0.2, 0.25) is 0 Å². The summed E-state index contributed by atoms with van der Waals surface area (Å²) in [5, 5.41) is 9.63. The molecule has 0 saturated carbocycles. The number of aromatic nitrogens is 6. The fraction of sp³-hybridized carbons (Fsp3) is 0.185. The maximum Gasteiger partial charge on any atom is 0.261 e. The van der Waals surface area contributed by atoms with Crippen molar-refractivity contribution < 1.29 is 8.78 Å². The van der Waals surface area contributed by atoms with Crippen LogP contribution in [-0.4, -0.2) is 54.0 Å². The first-order chi connectivity index (χ1) is 18.0. The third-order valence-corrected chi connectivity index (χ3v) is 7.58. The van der Waals surface area contributed by atoms with Crippen LogP contribution in [0.15, 0.2) is 66.3 Å². The van der Waals surface area contributed by atoms with Crippen LogP contribution in [0.25, 0.3) is 55.3 Å². The van der Waals surface area contributed by atoms with Crippen molar-refractivity contribution in [2.75, 3.05) is 13.1 Å². The number of nitrogens with one attached hydrogen (secondary N) is 2. The minimum atomic E-state index is -2.61. The Labute approximate surface area is 214 Å². The van der Waals surface area contributed by atoms with Crippen LogP contribution in [0.4, 0.5) is 8.78 Å². The van der Waals surface area contributed by atoms with E-state index in [9.17, 15) is 8.78 Å². The maximum absolute atomic E-state index is 13.6. The second-order valence-corrected chi connectivity index (χ2v) is 10.3. The molecule has 1 aliphatic heterocycles. The smallest absolute Gasteiger partial charge is 0.261 e. The number of rotatable bonds is 5. The van der Waals surface area contributed by atoms with Gasteiger partial charge in [-0.3, -0.25) is 15.0 Å². The number of thiophene rings is 1. The SMILES string of the molecule is FC1(F)CCN(Cc2cncc(-c3ccc4[nH]nc(-c5nc6c(-c7cccs7)cccc6[nH]5)c4n3)c2)C1. The number of nitrogens with zero attached hydrogens (tertiary/aromatic N) is 5. The highest BCUT2D eigenvalue weighted by atomic mass is 32.1. The molecular formula is C27H21F2N7S. The highest BCUT2D eigenvalue weighted by molar-refractivity contribution is 7.13. The van der Waals surface area contributed by atoms with Crippen molar-refractivity contribution in [3.05, 3.63) is 71.9 Å². The molecule has 0 bridgehead atoms. The van der Waals surface area contributed by atoms with E-state index in [1.165, 1.54) is 0 Å². The van der Waals surface area contributed by atoms with Gasteiger partial charge in [0, 0.05) is 47.9 Å². The number of benzene rings is 1. The molecule has 0 atom stereocenters. The molecule has 5 aromatic heterocycles. The minimum Gasteiger partial charge on any atom is -0.336 e. The summed E-state index contributed by atoms with van der Waals surface area (Å²) in [4.78, 5) is 20.5. The van der Waals surface area contributed by atoms with E-state index in [1.807, 2.05) is 36.4 Å². The molecule has 7 rings (SSSR count). The van der Waals surface area contributed by atoms with Gasteiger partial charge in [0.15, 0.2) is 11.5 Å². The zero-order valence-electron chi connectivity index (χ0n) is 19.6. The van der Waals surface area contributed by atoms with Crippen molar-refractivity contribution >= 4 is 33.4 Å². The summed E-state index contributed by atoms with van der Waals surface area (Å²) in [5.74, 6) is -1.98. The molecule has 7 nitrogen and oxygen atoms in total. The lowest BCUT2D eigenvalue weighted by Crippen LogP contribution is -2.24. The molecular weight excluding hydrogens is 492 g/mol. The molecule has 0 unspecified atom stereocenters. The molecule has 0 spiro atoms. The fourth-order valence-corrected chi connectivity index (χ4v) is 5.67. The summed E-state index contributed by atoms with van der Waals surface area (Å²) in [6.45, 7) is 0.595. The van der Waals surface area contributed by atoms with Gasteiger partial charge >= 0.3 is 0 Å². The first-order valence-corrected chi connectivity index (χ1v) is 12.8. The average molecular weight is 514 g/mol. The quantitative estimate of drug-likeness (QED) is 0.290. The van der Waals surface area contributed by atoms with Gasteiger partial charge in [-0.1, -0.05) is 18.2 Å². The van der Waals surface area contributed by atoms with Gasteiger partial charge in [0.1, 0.15) is 5.52 Å². The Hall–Kier alpha value is -4.02. The molecule has 6 aromatic rings. The standard InChI is InChI=1S/C27H21F2N7S/c28-27(29)8-9-36(15-27)14-16-11-17(13-30-12-16)19-6-7-21-24(31-19)25(35-34-21)26-32-20-4-1-3-18(23(20)33-26)22-5-2-10-37-22/h1-7,10-13H,8-9,14-15H2,(H,32,33)(H,34,35). The van der Waals surface area contributed by atoms with Crippen molar-refractivity contribution in [3.8, 4) is 33.2 Å². The molecule has 1 fully saturated rings. The van der Waals surface area contributed by atoms with E-state index in [0.717, 1.165) is 43.8 Å². The number of fused-ring (bicyclic) bond motifs is 2. The van der Waals surface area contributed by atoms with Gasteiger partial charge in [-0.2, -0.15) is 5.10 Å². The number of halogens is 2. The van der Waals surface area contributed by atoms with E-state index in [2.05, 4.69) is 37.7 Å². The zero-order valence-corrected chi connectivity index (χ0v) is 20.4. The van der Waals surface area contributed by atoms with Crippen molar-refractivity contribution in [2.45, 2.75) is 18.9 Å². The molecule has 184 valence electrons. The van der Waals surface area contributed by atoms with E-state index < -0.39 is 5.92 Å². The summed E-state index contributed by atoms with van der Waals surface area (Å²) in [5.41, 5.74) is 7.43. The minimum absolute atomic E-state index is 0.0990. The average Bonchev–Trinajstić information content (AvgIpc) is 3.69. The van der Waals surface area contributed by atoms with Crippen LogP contribution in [-0.2, 0) is 6.54 Å². The Morgan fingerprint density at radius 2 is 1.95 bits per heavy atom. The molecule has 37 heavy (non-hydrogen) atoms. The number of aromatic amines is 2. The Morgan fingerprint density at radius 3 is 2.78 bits per heavy atom. The van der Waals surface area contributed by atoms with Crippen LogP contribution in [0.5, 0.6) is 0 Å². The number of pyridine rings is 2. The summed E-state index contributed by atoms with van der Waals surface area (Å²) < 4.78 is 27.2. The monoisotopic (exact) mass is 513 g/mol. The predicted octanol–water partition coefficient (Wildman–Crippen LogP) is 6.13. The van der Waals surface area contributed by atoms with Gasteiger partial charge in [0.05, 0.1) is 28.8 Å². The number of para-hydroxylation sites is 1. The molecule has 0 aliphatic carbocycles. The first kappa shape index (κ1) is 22.2. The number of imidazole rings is 1. The Kier molecular flexibility index (Phi) is 5.12. The zero-order chi connectivity index (χ0) is 25.0. The second-order valence-electron chi connectivity index (χ2n) is 9.33. The lowest BCUT2D eigenvalue weighted by molar-refractivity contribution is 0.0115. The van der Waals surface area contributed by atoms with Crippen LogP contribution < -0.4 is 0 Å². The van der Waals surface area contributed by atoms with E-state index in [-0.39, 0.29) is 13.0 Å². The van der Waals surface area contributed by atoms with Crippen LogP contribution in [0.3, 0.4) is 0 Å². The number of H-pyrrole nitrogens is 2. The van der Waals surface area contributed by atoms with Crippen LogP contribution >= 0.6 is 11.3 Å². The van der Waals surface area contributed by atoms with Gasteiger partial charge in [0.25, 0.3) is 5.92 Å². The summed E-state index contributed by atoms with van der Waals surface area (Å²) >= 11 is 1.68. The molecule has 1 aromatic carbocycles. The molecule has 0 radical (unpaired) electrons. The van der Waals surface area contributed by atoms with Gasteiger partial charge in [-0.05, 0) is 41.3 Å². The lowest BCUT2D eigenvalue weighted by Gasteiger charge is -2.15. The third-order valence-electron chi connectivity index (χ3n) is 6.68. The van der Waals surface area contributed by atoms with Crippen molar-refractivity contribution in [1.29, 1.82) is 0 Å². The summed E-state index contributed by atoms with van der Waals surface area (Å²) in [6, 6.07) is 16.0. The van der Waals surface area contributed by atoms with Gasteiger partial charge < -0.3 is 4.98 Å². The molecule has 1 aliphatic rings. The van der Waals surface area contributed by atoms with E-state index in [4.69, 9.17) is 9.97 Å². The van der Waals surface area contributed by atoms with E-state index >= 15 is 0 Å². The fourth-order valence-electron chi connectivity index (χ4n) is 4.91. The van der Waals surface area contributed by atoms with Gasteiger partial charge in [-0.25, -0.2) is 18.7 Å². The van der Waals surface area contributed by atoms with Crippen molar-refractivity contribution in [1.82, 2.24) is 35.0 Å². The maximum atomic E-state index is 13.6. The summed E-state index contributed by atoms with van der Waals surface area (Å²) in [7, 11) is 0. The third kappa shape index (κ3) is 4.08. The highest BCUT2D eigenvalue weighted by Crippen LogP contribution is 2.34. The topological polar surface area (TPSA) is 86.4 Å². The largest absolute Gasteiger partial charge is 0.336 e. The molecule has 1 saturated heterocycles. The van der Waals surface area contributed by atoms with Crippen molar-refractivity contribution in [3.63, 3.8) is 0 Å².